The van der Waals surface area contributed by atoms with Gasteiger partial charge in [-0.1, -0.05) is 11.6 Å². The van der Waals surface area contributed by atoms with E-state index in [0.29, 0.717) is 0 Å². The summed E-state index contributed by atoms with van der Waals surface area (Å²) in [5, 5.41) is 4.00. The first-order chi connectivity index (χ1) is 12.5. The third kappa shape index (κ3) is 7.32. The van der Waals surface area contributed by atoms with E-state index in [9.17, 15) is 14.4 Å². The second kappa shape index (κ2) is 9.52. The molecule has 12 nitrogen and oxygen atoms in total. The molecule has 0 aliphatic carbocycles. The van der Waals surface area contributed by atoms with E-state index in [0.717, 1.165) is 0 Å². The molecule has 1 aromatic rings. The van der Waals surface area contributed by atoms with Crippen molar-refractivity contribution in [1.29, 1.82) is 0 Å². The monoisotopic (exact) mass is 401 g/mol. The van der Waals surface area contributed by atoms with Crippen molar-refractivity contribution in [3.8, 4) is 0 Å². The van der Waals surface area contributed by atoms with Crippen LogP contribution in [0, 0.1) is 0 Å². The SMILES string of the molecule is CC(C)OC(=O)/N=C(\NC(=O)OC(C)C)NC(=O)c1nc(Cl)c(N)nc1N. The molecular formula is C14H20ClN7O5. The third-order valence-electron chi connectivity index (χ3n) is 2.45. The fourth-order valence-corrected chi connectivity index (χ4v) is 1.65. The molecule has 0 spiro atoms. The van der Waals surface area contributed by atoms with Gasteiger partial charge in [0.1, 0.15) is 0 Å². The number of aromatic nitrogens is 2. The average Bonchev–Trinajstić information content (AvgIpc) is 2.48. The lowest BCUT2D eigenvalue weighted by atomic mass is 10.4. The van der Waals surface area contributed by atoms with Crippen molar-refractivity contribution in [2.45, 2.75) is 39.9 Å². The molecular weight excluding hydrogens is 382 g/mol. The molecule has 13 heteroatoms. The number of anilines is 2. The van der Waals surface area contributed by atoms with Crippen LogP contribution in [0.2, 0.25) is 5.15 Å². The van der Waals surface area contributed by atoms with Crippen molar-refractivity contribution in [2.75, 3.05) is 11.5 Å². The van der Waals surface area contributed by atoms with Crippen LogP contribution in [-0.2, 0) is 9.47 Å². The maximum atomic E-state index is 12.3. The second-order valence-electron chi connectivity index (χ2n) is 5.56. The van der Waals surface area contributed by atoms with E-state index in [4.69, 9.17) is 32.5 Å². The number of carbonyl (C=O) groups excluding carboxylic acids is 3. The third-order valence-corrected chi connectivity index (χ3v) is 2.73. The molecule has 1 aromatic heterocycles. The minimum Gasteiger partial charge on any atom is -0.447 e. The Hall–Kier alpha value is -3.15. The molecule has 0 atom stereocenters. The maximum Gasteiger partial charge on any atom is 0.437 e. The number of rotatable bonds is 3. The van der Waals surface area contributed by atoms with E-state index in [2.05, 4.69) is 25.6 Å². The van der Waals surface area contributed by atoms with Gasteiger partial charge in [0.25, 0.3) is 5.91 Å². The standard InChI is InChI=1S/C14H20ClN7O5/c1-5(2)26-13(24)21-12(22-14(25)27-6(3)4)20-11(23)7-9(16)19-10(17)8(15)18-7/h5-6H,1-4H3,(H4,16,17,19)(H2,20,21,22,23,24,25). The Labute approximate surface area is 159 Å². The summed E-state index contributed by atoms with van der Waals surface area (Å²) in [7, 11) is 0. The van der Waals surface area contributed by atoms with Crippen molar-refractivity contribution < 1.29 is 23.9 Å². The fraction of sp³-hybridized carbons (Fsp3) is 0.429. The number of aliphatic imine (C=N–C) groups is 1. The van der Waals surface area contributed by atoms with E-state index in [1.54, 1.807) is 27.7 Å². The lowest BCUT2D eigenvalue weighted by Gasteiger charge is -2.13. The van der Waals surface area contributed by atoms with Crippen molar-refractivity contribution in [1.82, 2.24) is 20.6 Å². The van der Waals surface area contributed by atoms with Crippen molar-refractivity contribution in [3.05, 3.63) is 10.8 Å². The molecule has 0 aromatic carbocycles. The van der Waals surface area contributed by atoms with E-state index < -0.39 is 42.0 Å². The van der Waals surface area contributed by atoms with Crippen LogP contribution in [0.4, 0.5) is 21.2 Å². The Morgan fingerprint density at radius 2 is 1.59 bits per heavy atom. The van der Waals surface area contributed by atoms with Crippen molar-refractivity contribution >= 4 is 47.3 Å². The molecule has 0 saturated carbocycles. The van der Waals surface area contributed by atoms with Gasteiger partial charge in [-0.15, -0.1) is 4.99 Å². The molecule has 0 aliphatic rings. The van der Waals surface area contributed by atoms with Crippen LogP contribution < -0.4 is 22.1 Å². The summed E-state index contributed by atoms with van der Waals surface area (Å²) in [5.41, 5.74) is 10.6. The normalized spacial score (nSPS) is 11.3. The van der Waals surface area contributed by atoms with E-state index in [1.165, 1.54) is 0 Å². The Morgan fingerprint density at radius 1 is 1.00 bits per heavy atom. The van der Waals surface area contributed by atoms with Gasteiger partial charge in [-0.3, -0.25) is 15.4 Å². The molecule has 0 fully saturated rings. The Balaban J connectivity index is 3.06. The topological polar surface area (TPSA) is 184 Å². The highest BCUT2D eigenvalue weighted by atomic mass is 35.5. The molecule has 6 N–H and O–H groups in total. The number of nitrogen functional groups attached to an aromatic ring is 2. The van der Waals surface area contributed by atoms with Crippen LogP contribution in [0.25, 0.3) is 0 Å². The minimum absolute atomic E-state index is 0.168. The minimum atomic E-state index is -1.06. The summed E-state index contributed by atoms with van der Waals surface area (Å²) in [6.45, 7) is 6.40. The van der Waals surface area contributed by atoms with Gasteiger partial charge in [0.05, 0.1) is 12.2 Å². The summed E-state index contributed by atoms with van der Waals surface area (Å²) in [6, 6.07) is 0. The summed E-state index contributed by atoms with van der Waals surface area (Å²) in [5.74, 6) is -2.00. The molecule has 0 radical (unpaired) electrons. The zero-order valence-corrected chi connectivity index (χ0v) is 15.8. The largest absolute Gasteiger partial charge is 0.447 e. The van der Waals surface area contributed by atoms with Crippen LogP contribution >= 0.6 is 11.6 Å². The average molecular weight is 402 g/mol. The highest BCUT2D eigenvalue weighted by Crippen LogP contribution is 2.17. The molecule has 0 unspecified atom stereocenters. The first-order valence-electron chi connectivity index (χ1n) is 7.66. The lowest BCUT2D eigenvalue weighted by molar-refractivity contribution is 0.0971. The fourth-order valence-electron chi connectivity index (χ4n) is 1.52. The Morgan fingerprint density at radius 3 is 2.15 bits per heavy atom. The smallest absolute Gasteiger partial charge is 0.437 e. The molecule has 1 rings (SSSR count). The Kier molecular flexibility index (Phi) is 7.72. The number of guanidine groups is 1. The predicted octanol–water partition coefficient (Wildman–Crippen LogP) is 1.06. The summed E-state index contributed by atoms with van der Waals surface area (Å²) < 4.78 is 9.69. The molecule has 148 valence electrons. The zero-order chi connectivity index (χ0) is 20.7. The van der Waals surface area contributed by atoms with Crippen LogP contribution in [-0.4, -0.2) is 46.2 Å². The summed E-state index contributed by atoms with van der Waals surface area (Å²) in [4.78, 5) is 46.6. The van der Waals surface area contributed by atoms with Crippen molar-refractivity contribution in [3.63, 3.8) is 0 Å². The zero-order valence-electron chi connectivity index (χ0n) is 15.1. The van der Waals surface area contributed by atoms with Gasteiger partial charge in [-0.05, 0) is 27.7 Å². The number of nitrogens with zero attached hydrogens (tertiary/aromatic N) is 3. The molecule has 0 bridgehead atoms. The highest BCUT2D eigenvalue weighted by molar-refractivity contribution is 6.31. The predicted molar refractivity (Wildman–Crippen MR) is 97.1 cm³/mol. The first kappa shape index (κ1) is 21.9. The molecule has 3 amide bonds. The molecule has 1 heterocycles. The highest BCUT2D eigenvalue weighted by Gasteiger charge is 2.20. The van der Waals surface area contributed by atoms with Crippen LogP contribution in [0.1, 0.15) is 38.2 Å². The number of amides is 3. The second-order valence-corrected chi connectivity index (χ2v) is 5.92. The Bertz CT molecular complexity index is 766. The number of hydrogen-bond acceptors (Lipinski definition) is 9. The van der Waals surface area contributed by atoms with Crippen LogP contribution in [0.3, 0.4) is 0 Å². The van der Waals surface area contributed by atoms with E-state index in [1.807, 2.05) is 0 Å². The number of alkyl carbamates (subject to hydrolysis) is 1. The van der Waals surface area contributed by atoms with E-state index >= 15 is 0 Å². The van der Waals surface area contributed by atoms with E-state index in [-0.39, 0.29) is 16.8 Å². The van der Waals surface area contributed by atoms with Crippen molar-refractivity contribution in [2.24, 2.45) is 4.99 Å². The van der Waals surface area contributed by atoms with Gasteiger partial charge in [0, 0.05) is 0 Å². The van der Waals surface area contributed by atoms with Gasteiger partial charge in [0.15, 0.2) is 22.5 Å². The van der Waals surface area contributed by atoms with Gasteiger partial charge < -0.3 is 20.9 Å². The maximum absolute atomic E-state index is 12.3. The number of halogens is 1. The summed E-state index contributed by atoms with van der Waals surface area (Å²) >= 11 is 5.72. The number of nitrogens with one attached hydrogen (secondary N) is 2. The molecule has 0 aliphatic heterocycles. The van der Waals surface area contributed by atoms with Crippen LogP contribution in [0.15, 0.2) is 4.99 Å². The van der Waals surface area contributed by atoms with Gasteiger partial charge in [0.2, 0.25) is 5.96 Å². The first-order valence-corrected chi connectivity index (χ1v) is 8.04. The number of carbonyl (C=O) groups is 3. The van der Waals surface area contributed by atoms with Gasteiger partial charge in [-0.25, -0.2) is 19.6 Å². The molecule has 0 saturated heterocycles. The molecule has 27 heavy (non-hydrogen) atoms. The lowest BCUT2D eigenvalue weighted by Crippen LogP contribution is -2.45. The van der Waals surface area contributed by atoms with Crippen LogP contribution in [0.5, 0.6) is 0 Å². The number of hydrogen-bond donors (Lipinski definition) is 4. The summed E-state index contributed by atoms with van der Waals surface area (Å²) in [6.07, 6.45) is -2.95. The van der Waals surface area contributed by atoms with Gasteiger partial charge in [-0.2, -0.15) is 0 Å². The number of ether oxygens (including phenoxy) is 2. The van der Waals surface area contributed by atoms with Gasteiger partial charge >= 0.3 is 12.2 Å². The number of nitrogens with two attached hydrogens (primary N) is 2. The quantitative estimate of drug-likeness (QED) is 0.424.